The van der Waals surface area contributed by atoms with Crippen LogP contribution in [0.15, 0.2) is 79.0 Å². The van der Waals surface area contributed by atoms with E-state index < -0.39 is 0 Å². The smallest absolute Gasteiger partial charge is 0.255 e. The quantitative estimate of drug-likeness (QED) is 0.613. The molecule has 0 radical (unpaired) electrons. The molecule has 0 spiro atoms. The summed E-state index contributed by atoms with van der Waals surface area (Å²) in [7, 11) is 0. The maximum atomic E-state index is 13.4. The number of carbonyl (C=O) groups is 1. The van der Waals surface area contributed by atoms with Gasteiger partial charge in [0, 0.05) is 42.0 Å². The van der Waals surface area contributed by atoms with Crippen LogP contribution in [-0.2, 0) is 4.79 Å². The molecule has 0 aromatic carbocycles. The monoisotopic (exact) mass is 452 g/mol. The predicted octanol–water partition coefficient (Wildman–Crippen LogP) is 5.53. The van der Waals surface area contributed by atoms with Crippen LogP contribution in [0.5, 0.6) is 0 Å². The van der Waals surface area contributed by atoms with Crippen LogP contribution in [0.4, 0.5) is 0 Å². The number of imidazole rings is 1. The van der Waals surface area contributed by atoms with Crippen LogP contribution in [0.1, 0.15) is 43.5 Å². The molecule has 5 nitrogen and oxygen atoms in total. The van der Waals surface area contributed by atoms with Crippen molar-refractivity contribution >= 4 is 23.2 Å². The molecule has 1 saturated heterocycles. The van der Waals surface area contributed by atoms with Gasteiger partial charge in [0.05, 0.1) is 5.69 Å². The molecule has 34 heavy (non-hydrogen) atoms. The molecule has 3 aliphatic heterocycles. The lowest BCUT2D eigenvalue weighted by Crippen LogP contribution is -2.39. The second-order valence-electron chi connectivity index (χ2n) is 9.63. The number of hydrogen-bond donors (Lipinski definition) is 0. The number of fused-ring (bicyclic) bond motifs is 2. The number of carbonyl (C=O) groups excluding carboxylic acids is 1. The van der Waals surface area contributed by atoms with E-state index in [-0.39, 0.29) is 5.91 Å². The minimum Gasteiger partial charge on any atom is -0.306 e. The van der Waals surface area contributed by atoms with E-state index in [1.54, 1.807) is 11.0 Å². The van der Waals surface area contributed by atoms with Crippen LogP contribution in [0.2, 0.25) is 0 Å². The fourth-order valence-corrected chi connectivity index (χ4v) is 5.08. The first-order valence-corrected chi connectivity index (χ1v) is 12.1. The van der Waals surface area contributed by atoms with E-state index in [1.165, 1.54) is 5.57 Å². The van der Waals surface area contributed by atoms with E-state index in [4.69, 9.17) is 0 Å². The molecule has 1 amide bonds. The molecule has 174 valence electrons. The van der Waals surface area contributed by atoms with Crippen molar-refractivity contribution < 1.29 is 4.79 Å². The predicted molar refractivity (Wildman–Crippen MR) is 139 cm³/mol. The largest absolute Gasteiger partial charge is 0.306 e. The van der Waals surface area contributed by atoms with Crippen LogP contribution in [0.3, 0.4) is 0 Å². The third kappa shape index (κ3) is 4.24. The number of hydrogen-bond acceptors (Lipinski definition) is 3. The van der Waals surface area contributed by atoms with E-state index in [0.717, 1.165) is 59.7 Å². The molecular weight excluding hydrogens is 420 g/mol. The summed E-state index contributed by atoms with van der Waals surface area (Å²) in [5, 5.41) is 0. The van der Waals surface area contributed by atoms with Crippen LogP contribution in [0, 0.1) is 12.8 Å². The molecule has 2 aromatic heterocycles. The minimum atomic E-state index is -0.0332. The number of pyridine rings is 1. The van der Waals surface area contributed by atoms with Gasteiger partial charge in [0.2, 0.25) is 0 Å². The zero-order chi connectivity index (χ0) is 23.8. The van der Waals surface area contributed by atoms with E-state index >= 15 is 0 Å². The van der Waals surface area contributed by atoms with Crippen molar-refractivity contribution in [2.45, 2.75) is 39.7 Å². The number of piperidine rings is 1. The Morgan fingerprint density at radius 2 is 1.94 bits per heavy atom. The van der Waals surface area contributed by atoms with Gasteiger partial charge in [0.15, 0.2) is 0 Å². The van der Waals surface area contributed by atoms with E-state index in [0.29, 0.717) is 12.0 Å². The number of allylic oxidation sites excluding steroid dienone is 7. The van der Waals surface area contributed by atoms with Gasteiger partial charge in [-0.05, 0) is 87.5 Å². The lowest BCUT2D eigenvalue weighted by Gasteiger charge is -2.36. The van der Waals surface area contributed by atoms with Gasteiger partial charge in [0.1, 0.15) is 5.65 Å². The van der Waals surface area contributed by atoms with Crippen LogP contribution >= 0.6 is 0 Å². The topological polar surface area (TPSA) is 40.9 Å². The molecule has 1 fully saturated rings. The summed E-state index contributed by atoms with van der Waals surface area (Å²) in [4.78, 5) is 22.3. The SMILES string of the molecule is C=Cc1cc(C2=CC(=O)N3C=C(C4CCN(C(C)C)CC4)C=C/C3=C\C=C2)cn2cc(C)nc12. The first-order chi connectivity index (χ1) is 16.4. The molecule has 5 heteroatoms. The Morgan fingerprint density at radius 1 is 1.15 bits per heavy atom. The van der Waals surface area contributed by atoms with Gasteiger partial charge >= 0.3 is 0 Å². The maximum absolute atomic E-state index is 13.4. The van der Waals surface area contributed by atoms with Crippen molar-refractivity contribution in [3.8, 4) is 0 Å². The molecule has 5 heterocycles. The number of likely N-dealkylation sites (tertiary alicyclic amines) is 1. The number of rotatable bonds is 4. The summed E-state index contributed by atoms with van der Waals surface area (Å²) in [6, 6.07) is 2.63. The zero-order valence-electron chi connectivity index (χ0n) is 20.2. The first kappa shape index (κ1) is 22.4. The normalized spacial score (nSPS) is 21.1. The van der Waals surface area contributed by atoms with Crippen LogP contribution in [0.25, 0.3) is 17.3 Å². The average molecular weight is 453 g/mol. The van der Waals surface area contributed by atoms with Crippen molar-refractivity contribution in [2.75, 3.05) is 13.1 Å². The van der Waals surface area contributed by atoms with Gasteiger partial charge in [-0.1, -0.05) is 30.9 Å². The van der Waals surface area contributed by atoms with Crippen molar-refractivity contribution in [3.05, 3.63) is 95.8 Å². The number of nitrogens with zero attached hydrogens (tertiary/aromatic N) is 4. The van der Waals surface area contributed by atoms with E-state index in [2.05, 4.69) is 48.7 Å². The van der Waals surface area contributed by atoms with Gasteiger partial charge in [0.25, 0.3) is 5.91 Å². The van der Waals surface area contributed by atoms with Crippen molar-refractivity contribution in [1.29, 1.82) is 0 Å². The highest BCUT2D eigenvalue weighted by atomic mass is 16.2. The molecule has 5 rings (SSSR count). The van der Waals surface area contributed by atoms with Gasteiger partial charge in [-0.15, -0.1) is 0 Å². The van der Waals surface area contributed by atoms with Crippen molar-refractivity contribution in [2.24, 2.45) is 5.92 Å². The van der Waals surface area contributed by atoms with Crippen LogP contribution in [-0.4, -0.2) is 44.2 Å². The van der Waals surface area contributed by atoms with Gasteiger partial charge in [-0.2, -0.15) is 0 Å². The minimum absolute atomic E-state index is 0.0332. The molecule has 3 aliphatic rings. The molecule has 0 saturated carbocycles. The average Bonchev–Trinajstić information content (AvgIpc) is 3.21. The second kappa shape index (κ2) is 9.07. The third-order valence-electron chi connectivity index (χ3n) is 7.05. The highest BCUT2D eigenvalue weighted by molar-refractivity contribution is 6.00. The lowest BCUT2D eigenvalue weighted by molar-refractivity contribution is -0.122. The Morgan fingerprint density at radius 3 is 2.68 bits per heavy atom. The number of aryl methyl sites for hydroxylation is 1. The highest BCUT2D eigenvalue weighted by Gasteiger charge is 2.26. The zero-order valence-corrected chi connectivity index (χ0v) is 20.2. The fraction of sp³-hybridized carbons (Fsp3) is 0.310. The van der Waals surface area contributed by atoms with Gasteiger partial charge in [-0.3, -0.25) is 9.69 Å². The van der Waals surface area contributed by atoms with E-state index in [9.17, 15) is 4.79 Å². The Kier molecular flexibility index (Phi) is 5.96. The summed E-state index contributed by atoms with van der Waals surface area (Å²) >= 11 is 0. The summed E-state index contributed by atoms with van der Waals surface area (Å²) < 4.78 is 2.01. The first-order valence-electron chi connectivity index (χ1n) is 12.1. The number of amides is 1. The van der Waals surface area contributed by atoms with Crippen molar-refractivity contribution in [1.82, 2.24) is 19.2 Å². The summed E-state index contributed by atoms with van der Waals surface area (Å²) in [5.74, 6) is 0.459. The third-order valence-corrected chi connectivity index (χ3v) is 7.05. The Bertz CT molecular complexity index is 1290. The van der Waals surface area contributed by atoms with Gasteiger partial charge < -0.3 is 9.30 Å². The van der Waals surface area contributed by atoms with Crippen molar-refractivity contribution in [3.63, 3.8) is 0 Å². The van der Waals surface area contributed by atoms with Crippen LogP contribution < -0.4 is 0 Å². The molecule has 0 unspecified atom stereocenters. The maximum Gasteiger partial charge on any atom is 0.255 e. The molecule has 0 atom stereocenters. The summed E-state index contributed by atoms with van der Waals surface area (Å²) in [6.45, 7) is 12.7. The standard InChI is InChI=1S/C29H32N4O/c1-5-22-15-26(18-32-17-21(4)30-29(22)32)24-7-6-8-27-10-9-25(19-33(27)28(34)16-24)23-11-13-31(14-12-23)20(2)3/h5-10,15-20,23H,1,11-14H2,2-4H3/b7-6?,24-16?,27-8+. The molecule has 0 bridgehead atoms. The molecule has 0 N–H and O–H groups in total. The Hall–Kier alpha value is -3.44. The highest BCUT2D eigenvalue weighted by Crippen LogP contribution is 2.32. The Balaban J connectivity index is 1.45. The fourth-order valence-electron chi connectivity index (χ4n) is 5.08. The van der Waals surface area contributed by atoms with Gasteiger partial charge in [-0.25, -0.2) is 4.98 Å². The Labute approximate surface area is 201 Å². The molecule has 0 aliphatic carbocycles. The lowest BCUT2D eigenvalue weighted by atomic mass is 9.87. The molecule has 2 aromatic rings. The van der Waals surface area contributed by atoms with E-state index in [1.807, 2.05) is 54.1 Å². The summed E-state index contributed by atoms with van der Waals surface area (Å²) in [6.07, 6.45) is 22.2. The summed E-state index contributed by atoms with van der Waals surface area (Å²) in [5.41, 5.74) is 6.73. The second-order valence-corrected chi connectivity index (χ2v) is 9.63. The number of aromatic nitrogens is 2. The molecular formula is C29H32N4O.